The Bertz CT molecular complexity index is 639. The molecule has 2 aromatic rings. The molecule has 1 fully saturated rings. The molecule has 1 aliphatic rings. The number of carbonyl (C=O) groups is 1. The second-order valence-corrected chi connectivity index (χ2v) is 5.15. The van der Waals surface area contributed by atoms with Gasteiger partial charge in [0.15, 0.2) is 5.69 Å². The fourth-order valence-corrected chi connectivity index (χ4v) is 2.42. The third-order valence-corrected chi connectivity index (χ3v) is 3.51. The topological polar surface area (TPSA) is 77.0 Å². The Morgan fingerprint density at radius 3 is 2.81 bits per heavy atom. The Labute approximate surface area is 121 Å². The van der Waals surface area contributed by atoms with E-state index in [2.05, 4.69) is 10.2 Å². The SMILES string of the molecule is NC1CCCN(C(=O)c2cnn(-c3ccc(F)cc3)n2)C1. The quantitative estimate of drug-likeness (QED) is 0.893. The van der Waals surface area contributed by atoms with Crippen LogP contribution in [0.4, 0.5) is 4.39 Å². The average molecular weight is 289 g/mol. The zero-order valence-corrected chi connectivity index (χ0v) is 11.4. The third-order valence-electron chi connectivity index (χ3n) is 3.51. The Balaban J connectivity index is 1.78. The van der Waals surface area contributed by atoms with Crippen LogP contribution in [0.15, 0.2) is 30.5 Å². The van der Waals surface area contributed by atoms with Gasteiger partial charge in [-0.15, -0.1) is 5.10 Å². The van der Waals surface area contributed by atoms with Crippen molar-refractivity contribution in [1.82, 2.24) is 19.9 Å². The van der Waals surface area contributed by atoms with Gasteiger partial charge in [0.05, 0.1) is 11.9 Å². The normalized spacial score (nSPS) is 18.8. The van der Waals surface area contributed by atoms with Gasteiger partial charge in [0.2, 0.25) is 0 Å². The van der Waals surface area contributed by atoms with E-state index < -0.39 is 0 Å². The van der Waals surface area contributed by atoms with Gasteiger partial charge < -0.3 is 10.6 Å². The fraction of sp³-hybridized carbons (Fsp3) is 0.357. The molecule has 1 aromatic heterocycles. The zero-order chi connectivity index (χ0) is 14.8. The van der Waals surface area contributed by atoms with Crippen LogP contribution in [0.5, 0.6) is 0 Å². The van der Waals surface area contributed by atoms with Crippen molar-refractivity contribution in [3.05, 3.63) is 42.0 Å². The van der Waals surface area contributed by atoms with E-state index in [1.807, 2.05) is 0 Å². The molecule has 0 bridgehead atoms. The monoisotopic (exact) mass is 289 g/mol. The van der Waals surface area contributed by atoms with E-state index in [4.69, 9.17) is 5.73 Å². The summed E-state index contributed by atoms with van der Waals surface area (Å²) >= 11 is 0. The maximum atomic E-state index is 12.9. The summed E-state index contributed by atoms with van der Waals surface area (Å²) in [5.74, 6) is -0.497. The fourth-order valence-electron chi connectivity index (χ4n) is 2.42. The molecule has 1 amide bonds. The molecule has 0 radical (unpaired) electrons. The molecule has 0 saturated carbocycles. The number of nitrogens with two attached hydrogens (primary N) is 1. The summed E-state index contributed by atoms with van der Waals surface area (Å²) in [5.41, 5.74) is 6.76. The first-order valence-corrected chi connectivity index (χ1v) is 6.86. The van der Waals surface area contributed by atoms with Gasteiger partial charge in [-0.3, -0.25) is 4.79 Å². The van der Waals surface area contributed by atoms with Gasteiger partial charge in [0, 0.05) is 19.1 Å². The Morgan fingerprint density at radius 2 is 2.10 bits per heavy atom. The summed E-state index contributed by atoms with van der Waals surface area (Å²) in [7, 11) is 0. The number of rotatable bonds is 2. The molecule has 1 atom stereocenters. The number of piperidine rings is 1. The minimum absolute atomic E-state index is 0.0230. The highest BCUT2D eigenvalue weighted by molar-refractivity contribution is 5.92. The predicted molar refractivity (Wildman–Crippen MR) is 74.4 cm³/mol. The van der Waals surface area contributed by atoms with E-state index in [0.29, 0.717) is 18.8 Å². The summed E-state index contributed by atoms with van der Waals surface area (Å²) in [4.78, 5) is 15.4. The molecule has 0 spiro atoms. The van der Waals surface area contributed by atoms with Gasteiger partial charge in [-0.25, -0.2) is 4.39 Å². The Hall–Kier alpha value is -2.28. The number of hydrogen-bond donors (Lipinski definition) is 1. The summed E-state index contributed by atoms with van der Waals surface area (Å²) in [6.45, 7) is 1.23. The number of likely N-dealkylation sites (tertiary alicyclic amines) is 1. The number of carbonyl (C=O) groups excluding carboxylic acids is 1. The summed E-state index contributed by atoms with van der Waals surface area (Å²) in [5, 5.41) is 8.22. The van der Waals surface area contributed by atoms with E-state index in [0.717, 1.165) is 12.8 Å². The maximum Gasteiger partial charge on any atom is 0.276 e. The number of hydrogen-bond acceptors (Lipinski definition) is 4. The largest absolute Gasteiger partial charge is 0.336 e. The first-order chi connectivity index (χ1) is 10.1. The molecule has 3 rings (SSSR count). The van der Waals surface area contributed by atoms with Crippen molar-refractivity contribution in [2.45, 2.75) is 18.9 Å². The van der Waals surface area contributed by atoms with E-state index >= 15 is 0 Å². The van der Waals surface area contributed by atoms with Crippen LogP contribution in [0, 0.1) is 5.82 Å². The Kier molecular flexibility index (Phi) is 3.66. The van der Waals surface area contributed by atoms with Crippen LogP contribution < -0.4 is 5.73 Å². The zero-order valence-electron chi connectivity index (χ0n) is 11.4. The number of benzene rings is 1. The smallest absolute Gasteiger partial charge is 0.276 e. The van der Waals surface area contributed by atoms with Crippen molar-refractivity contribution >= 4 is 5.91 Å². The van der Waals surface area contributed by atoms with Crippen molar-refractivity contribution in [2.75, 3.05) is 13.1 Å². The number of amides is 1. The highest BCUT2D eigenvalue weighted by Crippen LogP contribution is 2.12. The standard InChI is InChI=1S/C14H16FN5O/c15-10-3-5-12(6-4-10)20-17-8-13(18-20)14(21)19-7-1-2-11(16)9-19/h3-6,8,11H,1-2,7,9,16H2. The lowest BCUT2D eigenvalue weighted by Crippen LogP contribution is -2.45. The lowest BCUT2D eigenvalue weighted by Gasteiger charge is -2.30. The van der Waals surface area contributed by atoms with Crippen molar-refractivity contribution in [1.29, 1.82) is 0 Å². The number of nitrogens with zero attached hydrogens (tertiary/aromatic N) is 4. The van der Waals surface area contributed by atoms with Crippen molar-refractivity contribution < 1.29 is 9.18 Å². The van der Waals surface area contributed by atoms with Crippen molar-refractivity contribution in [3.63, 3.8) is 0 Å². The minimum Gasteiger partial charge on any atom is -0.336 e. The van der Waals surface area contributed by atoms with E-state index in [1.54, 1.807) is 17.0 Å². The lowest BCUT2D eigenvalue weighted by atomic mass is 10.1. The molecule has 1 unspecified atom stereocenters. The van der Waals surface area contributed by atoms with Crippen LogP contribution in [0.2, 0.25) is 0 Å². The predicted octanol–water partition coefficient (Wildman–Crippen LogP) is 0.970. The summed E-state index contributed by atoms with van der Waals surface area (Å²) in [6.07, 6.45) is 3.26. The molecule has 21 heavy (non-hydrogen) atoms. The molecule has 0 aliphatic carbocycles. The second kappa shape index (κ2) is 5.61. The highest BCUT2D eigenvalue weighted by Gasteiger charge is 2.24. The molecular weight excluding hydrogens is 273 g/mol. The molecular formula is C14H16FN5O. The molecule has 110 valence electrons. The first kappa shape index (κ1) is 13.7. The van der Waals surface area contributed by atoms with Crippen molar-refractivity contribution in [2.24, 2.45) is 5.73 Å². The van der Waals surface area contributed by atoms with Gasteiger partial charge >= 0.3 is 0 Å². The van der Waals surface area contributed by atoms with Gasteiger partial charge in [0.1, 0.15) is 5.82 Å². The lowest BCUT2D eigenvalue weighted by molar-refractivity contribution is 0.0702. The molecule has 6 nitrogen and oxygen atoms in total. The molecule has 1 aromatic carbocycles. The van der Waals surface area contributed by atoms with Gasteiger partial charge in [0.25, 0.3) is 5.91 Å². The van der Waals surface area contributed by atoms with Crippen LogP contribution >= 0.6 is 0 Å². The number of halogens is 1. The minimum atomic E-state index is -0.329. The number of aromatic nitrogens is 3. The molecule has 1 aliphatic heterocycles. The van der Waals surface area contributed by atoms with Crippen LogP contribution in [-0.2, 0) is 0 Å². The van der Waals surface area contributed by atoms with Crippen molar-refractivity contribution in [3.8, 4) is 5.69 Å². The van der Waals surface area contributed by atoms with E-state index in [1.165, 1.54) is 23.1 Å². The van der Waals surface area contributed by atoms with Crippen LogP contribution in [0.1, 0.15) is 23.3 Å². The first-order valence-electron chi connectivity index (χ1n) is 6.86. The molecule has 2 heterocycles. The van der Waals surface area contributed by atoms with Crippen LogP contribution in [0.25, 0.3) is 5.69 Å². The van der Waals surface area contributed by atoms with Gasteiger partial charge in [-0.1, -0.05) is 0 Å². The maximum absolute atomic E-state index is 12.9. The third kappa shape index (κ3) is 2.92. The van der Waals surface area contributed by atoms with Crippen LogP contribution in [-0.4, -0.2) is 44.9 Å². The molecule has 7 heteroatoms. The van der Waals surface area contributed by atoms with Crippen LogP contribution in [0.3, 0.4) is 0 Å². The van der Waals surface area contributed by atoms with Gasteiger partial charge in [-0.2, -0.15) is 9.90 Å². The van der Waals surface area contributed by atoms with E-state index in [9.17, 15) is 9.18 Å². The highest BCUT2D eigenvalue weighted by atomic mass is 19.1. The second-order valence-electron chi connectivity index (χ2n) is 5.15. The average Bonchev–Trinajstić information content (AvgIpc) is 2.97. The van der Waals surface area contributed by atoms with E-state index in [-0.39, 0.29) is 23.5 Å². The summed E-state index contributed by atoms with van der Waals surface area (Å²) < 4.78 is 12.9. The molecule has 1 saturated heterocycles. The summed E-state index contributed by atoms with van der Waals surface area (Å²) in [6, 6.07) is 5.78. The Morgan fingerprint density at radius 1 is 1.33 bits per heavy atom. The van der Waals surface area contributed by atoms with Gasteiger partial charge in [-0.05, 0) is 37.1 Å². The molecule has 2 N–H and O–H groups in total.